The third-order valence-electron chi connectivity index (χ3n) is 2.95. The lowest BCUT2D eigenvalue weighted by Gasteiger charge is -2.21. The van der Waals surface area contributed by atoms with E-state index in [0.717, 1.165) is 21.3 Å². The van der Waals surface area contributed by atoms with E-state index < -0.39 is 17.7 Å². The van der Waals surface area contributed by atoms with Crippen molar-refractivity contribution in [1.29, 1.82) is 0 Å². The highest BCUT2D eigenvalue weighted by molar-refractivity contribution is 14.1. The zero-order chi connectivity index (χ0) is 14.7. The van der Waals surface area contributed by atoms with Crippen molar-refractivity contribution in [2.75, 3.05) is 6.54 Å². The summed E-state index contributed by atoms with van der Waals surface area (Å²) in [4.78, 5) is 0. The molecule has 2 aromatic rings. The monoisotopic (exact) mass is 407 g/mol. The number of rotatable bonds is 4. The summed E-state index contributed by atoms with van der Waals surface area (Å²) in [5.74, 6) is -0.894. The second-order valence-electron chi connectivity index (χ2n) is 4.32. The van der Waals surface area contributed by atoms with E-state index in [9.17, 15) is 8.78 Å². The van der Waals surface area contributed by atoms with Crippen LogP contribution in [0.15, 0.2) is 36.4 Å². The van der Waals surface area contributed by atoms with Gasteiger partial charge in [-0.2, -0.15) is 0 Å². The van der Waals surface area contributed by atoms with Crippen LogP contribution in [0.2, 0.25) is 5.02 Å². The van der Waals surface area contributed by atoms with Crippen molar-refractivity contribution >= 4 is 34.2 Å². The molecular formula is C15H13ClF2IN. The van der Waals surface area contributed by atoms with Crippen molar-refractivity contribution in [3.8, 4) is 0 Å². The highest BCUT2D eigenvalue weighted by atomic mass is 127. The quantitative estimate of drug-likeness (QED) is 0.709. The van der Waals surface area contributed by atoms with E-state index in [1.165, 1.54) is 6.07 Å². The lowest BCUT2D eigenvalue weighted by Crippen LogP contribution is -2.24. The molecule has 20 heavy (non-hydrogen) atoms. The van der Waals surface area contributed by atoms with E-state index in [1.54, 1.807) is 12.1 Å². The molecule has 0 amide bonds. The molecule has 1 nitrogen and oxygen atoms in total. The minimum absolute atomic E-state index is 0.284. The molecular weight excluding hydrogens is 395 g/mol. The fourth-order valence-electron chi connectivity index (χ4n) is 2.06. The smallest absolute Gasteiger partial charge is 0.128 e. The predicted octanol–water partition coefficient (Wildman–Crippen LogP) is 4.92. The average molecular weight is 408 g/mol. The molecule has 0 heterocycles. The Bertz CT molecular complexity index is 567. The Morgan fingerprint density at radius 2 is 1.90 bits per heavy atom. The second kappa shape index (κ2) is 6.83. The summed E-state index contributed by atoms with van der Waals surface area (Å²) in [6.07, 6.45) is 0. The number of benzene rings is 2. The first-order valence-electron chi connectivity index (χ1n) is 6.16. The van der Waals surface area contributed by atoms with Crippen LogP contribution in [0.5, 0.6) is 0 Å². The van der Waals surface area contributed by atoms with Crippen LogP contribution in [0.4, 0.5) is 8.78 Å². The van der Waals surface area contributed by atoms with Gasteiger partial charge in [-0.25, -0.2) is 8.78 Å². The first-order valence-corrected chi connectivity index (χ1v) is 7.62. The minimum atomic E-state index is -0.457. The number of hydrogen-bond acceptors (Lipinski definition) is 1. The molecule has 1 unspecified atom stereocenters. The molecule has 0 aliphatic carbocycles. The number of halogens is 4. The largest absolute Gasteiger partial charge is 0.306 e. The highest BCUT2D eigenvalue weighted by Gasteiger charge is 2.20. The SMILES string of the molecule is CCNC(c1cc(F)ccc1F)c1cc(Cl)ccc1I. The van der Waals surface area contributed by atoms with Crippen molar-refractivity contribution in [3.63, 3.8) is 0 Å². The topological polar surface area (TPSA) is 12.0 Å². The molecule has 0 aliphatic rings. The maximum absolute atomic E-state index is 14.0. The van der Waals surface area contributed by atoms with Crippen LogP contribution >= 0.6 is 34.2 Å². The maximum atomic E-state index is 14.0. The molecule has 0 aliphatic heterocycles. The molecule has 2 rings (SSSR count). The van der Waals surface area contributed by atoms with Gasteiger partial charge in [0, 0.05) is 14.2 Å². The number of nitrogens with one attached hydrogen (secondary N) is 1. The van der Waals surface area contributed by atoms with Gasteiger partial charge < -0.3 is 5.32 Å². The van der Waals surface area contributed by atoms with Crippen molar-refractivity contribution in [3.05, 3.63) is 67.8 Å². The normalized spacial score (nSPS) is 12.4. The molecule has 106 valence electrons. The van der Waals surface area contributed by atoms with Crippen molar-refractivity contribution < 1.29 is 8.78 Å². The molecule has 0 saturated carbocycles. The van der Waals surface area contributed by atoms with Gasteiger partial charge in [0.25, 0.3) is 0 Å². The Kier molecular flexibility index (Phi) is 5.35. The Balaban J connectivity index is 2.55. The fraction of sp³-hybridized carbons (Fsp3) is 0.200. The van der Waals surface area contributed by atoms with Gasteiger partial charge in [0.2, 0.25) is 0 Å². The lowest BCUT2D eigenvalue weighted by atomic mass is 9.98. The van der Waals surface area contributed by atoms with Crippen LogP contribution < -0.4 is 5.32 Å². The van der Waals surface area contributed by atoms with E-state index in [-0.39, 0.29) is 5.56 Å². The van der Waals surface area contributed by atoms with Gasteiger partial charge in [0.1, 0.15) is 11.6 Å². The van der Waals surface area contributed by atoms with E-state index in [4.69, 9.17) is 11.6 Å². The molecule has 1 N–H and O–H groups in total. The lowest BCUT2D eigenvalue weighted by molar-refractivity contribution is 0.544. The molecule has 0 aromatic heterocycles. The van der Waals surface area contributed by atoms with E-state index in [2.05, 4.69) is 27.9 Å². The first-order chi connectivity index (χ1) is 9.52. The molecule has 2 aromatic carbocycles. The second-order valence-corrected chi connectivity index (χ2v) is 5.92. The molecule has 0 bridgehead atoms. The molecule has 5 heteroatoms. The molecule has 0 saturated heterocycles. The summed E-state index contributed by atoms with van der Waals surface area (Å²) >= 11 is 8.18. The van der Waals surface area contributed by atoms with Crippen molar-refractivity contribution in [1.82, 2.24) is 5.32 Å². The minimum Gasteiger partial charge on any atom is -0.306 e. The van der Waals surface area contributed by atoms with Gasteiger partial charge in [0.15, 0.2) is 0 Å². The highest BCUT2D eigenvalue weighted by Crippen LogP contribution is 2.30. The summed E-state index contributed by atoms with van der Waals surface area (Å²) in [6, 6.07) is 8.47. The Hall–Kier alpha value is -0.720. The zero-order valence-corrected chi connectivity index (χ0v) is 13.7. The summed E-state index contributed by atoms with van der Waals surface area (Å²) in [6.45, 7) is 2.55. The number of hydrogen-bond donors (Lipinski definition) is 1. The van der Waals surface area contributed by atoms with E-state index >= 15 is 0 Å². The van der Waals surface area contributed by atoms with Gasteiger partial charge in [-0.05, 0) is 71.1 Å². The van der Waals surface area contributed by atoms with E-state index in [1.807, 2.05) is 13.0 Å². The molecule has 0 fully saturated rings. The third kappa shape index (κ3) is 3.48. The van der Waals surface area contributed by atoms with E-state index in [0.29, 0.717) is 11.6 Å². The van der Waals surface area contributed by atoms with Gasteiger partial charge in [-0.3, -0.25) is 0 Å². The van der Waals surface area contributed by atoms with Crippen LogP contribution in [0.25, 0.3) is 0 Å². The molecule has 0 spiro atoms. The van der Waals surface area contributed by atoms with Gasteiger partial charge in [0.05, 0.1) is 6.04 Å². The van der Waals surface area contributed by atoms with Crippen LogP contribution in [0.3, 0.4) is 0 Å². The predicted molar refractivity (Wildman–Crippen MR) is 86.0 cm³/mol. The van der Waals surface area contributed by atoms with Gasteiger partial charge in [-0.1, -0.05) is 18.5 Å². The summed E-state index contributed by atoms with van der Waals surface area (Å²) in [7, 11) is 0. The standard InChI is InChI=1S/C15H13ClF2IN/c1-2-20-15(11-8-10(17)4-5-13(11)18)12-7-9(16)3-6-14(12)19/h3-8,15,20H,2H2,1H3. The van der Waals surface area contributed by atoms with Crippen LogP contribution in [-0.4, -0.2) is 6.54 Å². The summed E-state index contributed by atoms with van der Waals surface area (Å²) in [5, 5.41) is 3.75. The van der Waals surface area contributed by atoms with Gasteiger partial charge in [-0.15, -0.1) is 0 Å². The molecule has 1 atom stereocenters. The first kappa shape index (κ1) is 15.7. The fourth-order valence-corrected chi connectivity index (χ4v) is 2.89. The van der Waals surface area contributed by atoms with Crippen molar-refractivity contribution in [2.45, 2.75) is 13.0 Å². The Labute approximate surface area is 135 Å². The summed E-state index contributed by atoms with van der Waals surface area (Å²) < 4.78 is 28.4. The van der Waals surface area contributed by atoms with Crippen LogP contribution in [0.1, 0.15) is 24.1 Å². The third-order valence-corrected chi connectivity index (χ3v) is 4.16. The summed E-state index contributed by atoms with van der Waals surface area (Å²) in [5.41, 5.74) is 1.12. The average Bonchev–Trinajstić information content (AvgIpc) is 2.42. The van der Waals surface area contributed by atoms with Gasteiger partial charge >= 0.3 is 0 Å². The Morgan fingerprint density at radius 1 is 1.15 bits per heavy atom. The Morgan fingerprint density at radius 3 is 2.60 bits per heavy atom. The van der Waals surface area contributed by atoms with Crippen molar-refractivity contribution in [2.24, 2.45) is 0 Å². The van der Waals surface area contributed by atoms with Crippen LogP contribution in [-0.2, 0) is 0 Å². The zero-order valence-electron chi connectivity index (χ0n) is 10.8. The molecule has 0 radical (unpaired) electrons. The van der Waals surface area contributed by atoms with Crippen LogP contribution in [0, 0.1) is 15.2 Å². The maximum Gasteiger partial charge on any atom is 0.128 e.